The minimum atomic E-state index is -0.192. The molecule has 0 spiro atoms. The van der Waals surface area contributed by atoms with Crippen molar-refractivity contribution < 1.29 is 9.53 Å². The maximum Gasteiger partial charge on any atom is 0.271 e. The van der Waals surface area contributed by atoms with E-state index in [1.54, 1.807) is 24.1 Å². The second kappa shape index (κ2) is 6.90. The summed E-state index contributed by atoms with van der Waals surface area (Å²) in [4.78, 5) is 12.0. The van der Waals surface area contributed by atoms with E-state index in [2.05, 4.69) is 10.4 Å². The van der Waals surface area contributed by atoms with Crippen molar-refractivity contribution in [3.63, 3.8) is 0 Å². The van der Waals surface area contributed by atoms with E-state index >= 15 is 0 Å². The van der Waals surface area contributed by atoms with Gasteiger partial charge in [-0.3, -0.25) is 4.79 Å². The van der Waals surface area contributed by atoms with Crippen LogP contribution in [0.1, 0.15) is 17.4 Å². The van der Waals surface area contributed by atoms with Crippen molar-refractivity contribution in [1.29, 1.82) is 0 Å². The number of nitrogens with zero attached hydrogens (tertiary/aromatic N) is 2. The Kier molecular flexibility index (Phi) is 4.94. The van der Waals surface area contributed by atoms with Gasteiger partial charge in [0.25, 0.3) is 5.91 Å². The standard InChI is InChI=1S/C15H20N4O2/c1-11(9-16)10-17-15(20)14-7-8-19(18-14)12-3-5-13(21-2)6-4-12/h3-8,11H,9-10,16H2,1-2H3,(H,17,20). The number of amides is 1. The minimum Gasteiger partial charge on any atom is -0.497 e. The number of aromatic nitrogens is 2. The lowest BCUT2D eigenvalue weighted by Gasteiger charge is -2.08. The third kappa shape index (κ3) is 3.82. The number of rotatable bonds is 6. The number of hydrogen-bond donors (Lipinski definition) is 2. The van der Waals surface area contributed by atoms with E-state index in [0.717, 1.165) is 11.4 Å². The molecule has 2 rings (SSSR count). The van der Waals surface area contributed by atoms with Crippen LogP contribution in [-0.4, -0.2) is 35.9 Å². The third-order valence-electron chi connectivity index (χ3n) is 3.17. The highest BCUT2D eigenvalue weighted by Crippen LogP contribution is 2.14. The van der Waals surface area contributed by atoms with Crippen molar-refractivity contribution >= 4 is 5.91 Å². The van der Waals surface area contributed by atoms with E-state index in [1.807, 2.05) is 31.2 Å². The van der Waals surface area contributed by atoms with Crippen LogP contribution < -0.4 is 15.8 Å². The summed E-state index contributed by atoms with van der Waals surface area (Å²) in [5.74, 6) is 0.833. The topological polar surface area (TPSA) is 82.2 Å². The van der Waals surface area contributed by atoms with Gasteiger partial charge in [-0.1, -0.05) is 6.92 Å². The zero-order valence-corrected chi connectivity index (χ0v) is 12.2. The highest BCUT2D eigenvalue weighted by atomic mass is 16.5. The number of ether oxygens (including phenoxy) is 1. The first-order valence-corrected chi connectivity index (χ1v) is 6.82. The molecule has 3 N–H and O–H groups in total. The molecule has 0 aliphatic heterocycles. The van der Waals surface area contributed by atoms with Crippen LogP contribution in [-0.2, 0) is 0 Å². The summed E-state index contributed by atoms with van der Waals surface area (Å²) >= 11 is 0. The van der Waals surface area contributed by atoms with Crippen LogP contribution in [0.25, 0.3) is 5.69 Å². The highest BCUT2D eigenvalue weighted by Gasteiger charge is 2.11. The zero-order valence-electron chi connectivity index (χ0n) is 12.2. The van der Waals surface area contributed by atoms with E-state index in [-0.39, 0.29) is 11.8 Å². The van der Waals surface area contributed by atoms with E-state index < -0.39 is 0 Å². The van der Waals surface area contributed by atoms with Crippen molar-refractivity contribution in [3.8, 4) is 11.4 Å². The second-order valence-corrected chi connectivity index (χ2v) is 4.89. The molecule has 0 aliphatic carbocycles. The van der Waals surface area contributed by atoms with Gasteiger partial charge in [0.05, 0.1) is 12.8 Å². The number of carbonyl (C=O) groups is 1. The molecule has 6 nitrogen and oxygen atoms in total. The Bertz CT molecular complexity index is 592. The molecular formula is C15H20N4O2. The van der Waals surface area contributed by atoms with Gasteiger partial charge < -0.3 is 15.8 Å². The predicted octanol–water partition coefficient (Wildman–Crippen LogP) is 1.21. The molecule has 1 aromatic carbocycles. The number of nitrogens with two attached hydrogens (primary N) is 1. The predicted molar refractivity (Wildman–Crippen MR) is 80.7 cm³/mol. The van der Waals surface area contributed by atoms with Gasteiger partial charge in [0.15, 0.2) is 5.69 Å². The van der Waals surface area contributed by atoms with Gasteiger partial charge in [-0.2, -0.15) is 5.10 Å². The number of methoxy groups -OCH3 is 1. The van der Waals surface area contributed by atoms with Crippen LogP contribution >= 0.6 is 0 Å². The molecule has 1 heterocycles. The van der Waals surface area contributed by atoms with E-state index in [0.29, 0.717) is 18.8 Å². The largest absolute Gasteiger partial charge is 0.497 e. The van der Waals surface area contributed by atoms with E-state index in [9.17, 15) is 4.79 Å². The van der Waals surface area contributed by atoms with Crippen molar-refractivity contribution in [2.24, 2.45) is 11.7 Å². The van der Waals surface area contributed by atoms with Crippen molar-refractivity contribution in [1.82, 2.24) is 15.1 Å². The molecule has 0 bridgehead atoms. The molecule has 21 heavy (non-hydrogen) atoms. The molecule has 0 saturated carbocycles. The summed E-state index contributed by atoms with van der Waals surface area (Å²) in [6.07, 6.45) is 1.75. The average molecular weight is 288 g/mol. The fraction of sp³-hybridized carbons (Fsp3) is 0.333. The fourth-order valence-corrected chi connectivity index (χ4v) is 1.76. The molecule has 0 aliphatic rings. The van der Waals surface area contributed by atoms with Crippen molar-refractivity contribution in [3.05, 3.63) is 42.2 Å². The Hall–Kier alpha value is -2.34. The normalized spacial score (nSPS) is 12.0. The van der Waals surface area contributed by atoms with Crippen molar-refractivity contribution in [2.75, 3.05) is 20.2 Å². The smallest absolute Gasteiger partial charge is 0.271 e. The zero-order chi connectivity index (χ0) is 15.2. The first-order chi connectivity index (χ1) is 10.1. The van der Waals surface area contributed by atoms with Gasteiger partial charge in [-0.15, -0.1) is 0 Å². The molecule has 1 atom stereocenters. The van der Waals surface area contributed by atoms with Crippen molar-refractivity contribution in [2.45, 2.75) is 6.92 Å². The molecule has 0 radical (unpaired) electrons. The van der Waals surface area contributed by atoms with Gasteiger partial charge >= 0.3 is 0 Å². The van der Waals surface area contributed by atoms with Crippen LogP contribution in [0.5, 0.6) is 5.75 Å². The summed E-state index contributed by atoms with van der Waals surface area (Å²) in [6.45, 7) is 3.07. The Labute approximate surface area is 123 Å². The van der Waals surface area contributed by atoms with Gasteiger partial charge in [0.2, 0.25) is 0 Å². The van der Waals surface area contributed by atoms with E-state index in [1.165, 1.54) is 0 Å². The number of nitrogens with one attached hydrogen (secondary N) is 1. The molecule has 6 heteroatoms. The summed E-state index contributed by atoms with van der Waals surface area (Å²) in [5, 5.41) is 7.09. The van der Waals surface area contributed by atoms with Crippen LogP contribution in [0.2, 0.25) is 0 Å². The molecule has 0 saturated heterocycles. The van der Waals surface area contributed by atoms with Crippen LogP contribution in [0.15, 0.2) is 36.5 Å². The Balaban J connectivity index is 2.04. The number of hydrogen-bond acceptors (Lipinski definition) is 4. The lowest BCUT2D eigenvalue weighted by atomic mass is 10.2. The minimum absolute atomic E-state index is 0.192. The average Bonchev–Trinajstić information content (AvgIpc) is 3.02. The van der Waals surface area contributed by atoms with Crippen LogP contribution in [0.4, 0.5) is 0 Å². The lowest BCUT2D eigenvalue weighted by molar-refractivity contribution is 0.0943. The third-order valence-corrected chi connectivity index (χ3v) is 3.17. The molecule has 0 fully saturated rings. The van der Waals surface area contributed by atoms with Crippen LogP contribution in [0.3, 0.4) is 0 Å². The molecule has 1 amide bonds. The summed E-state index contributed by atoms with van der Waals surface area (Å²) in [6, 6.07) is 9.14. The lowest BCUT2D eigenvalue weighted by Crippen LogP contribution is -2.31. The van der Waals surface area contributed by atoms with Gasteiger partial charge in [0, 0.05) is 12.7 Å². The summed E-state index contributed by atoms with van der Waals surface area (Å²) < 4.78 is 6.76. The summed E-state index contributed by atoms with van der Waals surface area (Å²) in [5.41, 5.74) is 6.77. The number of carbonyl (C=O) groups excluding carboxylic acids is 1. The highest BCUT2D eigenvalue weighted by molar-refractivity contribution is 5.92. The first kappa shape index (κ1) is 15.1. The van der Waals surface area contributed by atoms with Gasteiger partial charge in [-0.05, 0) is 42.8 Å². The van der Waals surface area contributed by atoms with Crippen LogP contribution in [0, 0.1) is 5.92 Å². The van der Waals surface area contributed by atoms with E-state index in [4.69, 9.17) is 10.5 Å². The molecule has 1 aromatic heterocycles. The molecular weight excluding hydrogens is 268 g/mol. The van der Waals surface area contributed by atoms with Gasteiger partial charge in [0.1, 0.15) is 5.75 Å². The number of benzene rings is 1. The fourth-order valence-electron chi connectivity index (χ4n) is 1.76. The molecule has 1 unspecified atom stereocenters. The maximum absolute atomic E-state index is 12.0. The summed E-state index contributed by atoms with van der Waals surface area (Å²) in [7, 11) is 1.62. The first-order valence-electron chi connectivity index (χ1n) is 6.82. The Morgan fingerprint density at radius 1 is 1.38 bits per heavy atom. The molecule has 112 valence electrons. The maximum atomic E-state index is 12.0. The van der Waals surface area contributed by atoms with Gasteiger partial charge in [-0.25, -0.2) is 4.68 Å². The molecule has 2 aromatic rings. The quantitative estimate of drug-likeness (QED) is 0.837. The second-order valence-electron chi connectivity index (χ2n) is 4.89. The Morgan fingerprint density at radius 3 is 2.71 bits per heavy atom. The monoisotopic (exact) mass is 288 g/mol. The SMILES string of the molecule is COc1ccc(-n2ccc(C(=O)NCC(C)CN)n2)cc1. The Morgan fingerprint density at radius 2 is 2.10 bits per heavy atom.